The van der Waals surface area contributed by atoms with Gasteiger partial charge in [-0.2, -0.15) is 0 Å². The third-order valence-corrected chi connectivity index (χ3v) is 4.43. The molecular weight excluding hydrogens is 358 g/mol. The van der Waals surface area contributed by atoms with E-state index in [0.717, 1.165) is 4.90 Å². The lowest BCUT2D eigenvalue weighted by atomic mass is 10.0. The lowest BCUT2D eigenvalue weighted by Gasteiger charge is -2.27. The molecule has 1 saturated heterocycles. The Kier molecular flexibility index (Phi) is 5.50. The molecule has 0 N–H and O–H groups in total. The molecular formula is C18H21NO8. The van der Waals surface area contributed by atoms with Crippen LogP contribution in [0.1, 0.15) is 24.2 Å². The van der Waals surface area contributed by atoms with Crippen LogP contribution in [-0.2, 0) is 19.0 Å². The Morgan fingerprint density at radius 2 is 1.81 bits per heavy atom. The number of hydrogen-bond donors (Lipinski definition) is 0. The van der Waals surface area contributed by atoms with E-state index in [2.05, 4.69) is 0 Å². The molecule has 2 atom stereocenters. The predicted octanol–water partition coefficient (Wildman–Crippen LogP) is 1.59. The highest BCUT2D eigenvalue weighted by Gasteiger charge is 2.31. The fourth-order valence-electron chi connectivity index (χ4n) is 2.51. The lowest BCUT2D eigenvalue weighted by Crippen LogP contribution is -2.43. The van der Waals surface area contributed by atoms with E-state index in [4.69, 9.17) is 23.7 Å². The van der Waals surface area contributed by atoms with Crippen molar-refractivity contribution in [3.8, 4) is 11.5 Å². The van der Waals surface area contributed by atoms with Gasteiger partial charge in [-0.05, 0) is 25.1 Å². The maximum absolute atomic E-state index is 12.6. The number of hydrogen-bond acceptors (Lipinski definition) is 8. The first-order valence-corrected chi connectivity index (χ1v) is 8.52. The number of likely N-dealkylation sites (N-methyl/N-ethyl adjacent to an activating group) is 1. The summed E-state index contributed by atoms with van der Waals surface area (Å²) in [5, 5.41) is 0. The zero-order chi connectivity index (χ0) is 19.6. The average Bonchev–Trinajstić information content (AvgIpc) is 3.05. The maximum atomic E-state index is 12.6. The number of benzene rings is 1. The van der Waals surface area contributed by atoms with Crippen LogP contribution in [0.4, 0.5) is 4.79 Å². The molecule has 0 bridgehead atoms. The molecule has 0 saturated carbocycles. The zero-order valence-electron chi connectivity index (χ0n) is 15.3. The summed E-state index contributed by atoms with van der Waals surface area (Å²) >= 11 is 0. The van der Waals surface area contributed by atoms with Crippen molar-refractivity contribution in [3.05, 3.63) is 23.8 Å². The number of nitrogens with zero attached hydrogens (tertiary/aromatic N) is 1. The molecule has 146 valence electrons. The number of carbonyl (C=O) groups is 3. The SMILES string of the molecule is CC(OC(=O)C1COC1)OC(=O)N(C)C(C)C(=O)c1ccc2c(c1)OCO2. The first-order chi connectivity index (χ1) is 12.9. The van der Waals surface area contributed by atoms with Gasteiger partial charge in [-0.25, -0.2) is 4.79 Å². The Morgan fingerprint density at radius 1 is 1.11 bits per heavy atom. The van der Waals surface area contributed by atoms with Gasteiger partial charge in [0.25, 0.3) is 0 Å². The summed E-state index contributed by atoms with van der Waals surface area (Å²) in [6.45, 7) is 3.74. The number of ketones is 1. The van der Waals surface area contributed by atoms with E-state index in [0.29, 0.717) is 30.3 Å². The van der Waals surface area contributed by atoms with E-state index < -0.39 is 24.4 Å². The molecule has 1 aromatic rings. The Hall–Kier alpha value is -2.81. The molecule has 1 aromatic carbocycles. The van der Waals surface area contributed by atoms with Crippen LogP contribution >= 0.6 is 0 Å². The van der Waals surface area contributed by atoms with Gasteiger partial charge in [0, 0.05) is 19.5 Å². The third kappa shape index (κ3) is 4.13. The molecule has 3 rings (SSSR count). The minimum absolute atomic E-state index is 0.109. The van der Waals surface area contributed by atoms with E-state index in [1.807, 2.05) is 0 Å². The Morgan fingerprint density at radius 3 is 2.48 bits per heavy atom. The molecule has 9 heteroatoms. The van der Waals surface area contributed by atoms with Crippen LogP contribution in [0, 0.1) is 5.92 Å². The summed E-state index contributed by atoms with van der Waals surface area (Å²) in [5.41, 5.74) is 0.385. The van der Waals surface area contributed by atoms with E-state index in [9.17, 15) is 14.4 Å². The van der Waals surface area contributed by atoms with E-state index in [1.54, 1.807) is 25.1 Å². The number of Topliss-reactive ketones (excluding diaryl/α,β-unsaturated/α-hetero) is 1. The molecule has 2 aliphatic heterocycles. The number of carbonyl (C=O) groups excluding carboxylic acids is 3. The highest BCUT2D eigenvalue weighted by atomic mass is 16.7. The van der Waals surface area contributed by atoms with E-state index in [1.165, 1.54) is 14.0 Å². The fraction of sp³-hybridized carbons (Fsp3) is 0.500. The summed E-state index contributed by atoms with van der Waals surface area (Å²) in [5.74, 6) is -0.0358. The van der Waals surface area contributed by atoms with Gasteiger partial charge in [-0.3, -0.25) is 9.59 Å². The number of ether oxygens (including phenoxy) is 5. The minimum atomic E-state index is -1.07. The molecule has 1 amide bonds. The molecule has 2 unspecified atom stereocenters. The van der Waals surface area contributed by atoms with Gasteiger partial charge in [-0.15, -0.1) is 0 Å². The highest BCUT2D eigenvalue weighted by Crippen LogP contribution is 2.33. The van der Waals surface area contributed by atoms with Crippen molar-refractivity contribution >= 4 is 17.8 Å². The predicted molar refractivity (Wildman–Crippen MR) is 90.5 cm³/mol. The topological polar surface area (TPSA) is 101 Å². The Balaban J connectivity index is 1.55. The van der Waals surface area contributed by atoms with Crippen LogP contribution in [0.2, 0.25) is 0 Å². The minimum Gasteiger partial charge on any atom is -0.454 e. The van der Waals surface area contributed by atoms with Crippen molar-refractivity contribution in [1.29, 1.82) is 0 Å². The summed E-state index contributed by atoms with van der Waals surface area (Å²) in [6, 6.07) is 4.04. The standard InChI is InChI=1S/C18H21NO8/c1-10(16(20)12-4-5-14-15(6-12)25-9-24-14)19(3)18(22)27-11(2)26-17(21)13-7-23-8-13/h4-6,10-11,13H,7-9H2,1-3H3. The van der Waals surface area contributed by atoms with Crippen LogP contribution in [0.5, 0.6) is 11.5 Å². The van der Waals surface area contributed by atoms with Crippen molar-refractivity contribution < 1.29 is 38.1 Å². The van der Waals surface area contributed by atoms with Crippen LogP contribution in [0.15, 0.2) is 18.2 Å². The monoisotopic (exact) mass is 379 g/mol. The second kappa shape index (κ2) is 7.83. The second-order valence-corrected chi connectivity index (χ2v) is 6.34. The number of esters is 1. The van der Waals surface area contributed by atoms with Crippen molar-refractivity contribution in [2.75, 3.05) is 27.1 Å². The van der Waals surface area contributed by atoms with E-state index >= 15 is 0 Å². The molecule has 0 radical (unpaired) electrons. The zero-order valence-corrected chi connectivity index (χ0v) is 15.3. The van der Waals surface area contributed by atoms with Gasteiger partial charge >= 0.3 is 12.1 Å². The smallest absolute Gasteiger partial charge is 0.413 e. The Labute approximate surface area is 156 Å². The van der Waals surface area contributed by atoms with Gasteiger partial charge in [0.1, 0.15) is 5.92 Å². The van der Waals surface area contributed by atoms with Crippen LogP contribution in [0.25, 0.3) is 0 Å². The van der Waals surface area contributed by atoms with Gasteiger partial charge in [0.05, 0.1) is 19.3 Å². The second-order valence-electron chi connectivity index (χ2n) is 6.34. The molecule has 2 aliphatic rings. The van der Waals surface area contributed by atoms with Gasteiger partial charge in [0.15, 0.2) is 17.3 Å². The molecule has 0 spiro atoms. The molecule has 0 aliphatic carbocycles. The van der Waals surface area contributed by atoms with Crippen molar-refractivity contribution in [2.24, 2.45) is 5.92 Å². The summed E-state index contributed by atoms with van der Waals surface area (Å²) < 4.78 is 25.5. The number of amides is 1. The maximum Gasteiger partial charge on any atom is 0.413 e. The van der Waals surface area contributed by atoms with Gasteiger partial charge in [0.2, 0.25) is 13.1 Å². The fourth-order valence-corrected chi connectivity index (χ4v) is 2.51. The highest BCUT2D eigenvalue weighted by molar-refractivity contribution is 6.01. The Bertz CT molecular complexity index is 745. The summed E-state index contributed by atoms with van der Waals surface area (Å²) in [4.78, 5) is 37.8. The largest absolute Gasteiger partial charge is 0.454 e. The number of fused-ring (bicyclic) bond motifs is 1. The van der Waals surface area contributed by atoms with Crippen molar-refractivity contribution in [2.45, 2.75) is 26.2 Å². The quantitative estimate of drug-likeness (QED) is 0.417. The van der Waals surface area contributed by atoms with Crippen molar-refractivity contribution in [3.63, 3.8) is 0 Å². The van der Waals surface area contributed by atoms with Crippen molar-refractivity contribution in [1.82, 2.24) is 4.90 Å². The third-order valence-electron chi connectivity index (χ3n) is 4.43. The lowest BCUT2D eigenvalue weighted by molar-refractivity contribution is -0.184. The molecule has 1 fully saturated rings. The van der Waals surface area contributed by atoms with E-state index in [-0.39, 0.29) is 18.5 Å². The molecule has 0 aromatic heterocycles. The van der Waals surface area contributed by atoms with Crippen LogP contribution in [-0.4, -0.2) is 62.1 Å². The normalized spacial score (nSPS) is 17.4. The van der Waals surface area contributed by atoms with Crippen LogP contribution < -0.4 is 9.47 Å². The summed E-state index contributed by atoms with van der Waals surface area (Å²) in [7, 11) is 1.44. The molecule has 9 nitrogen and oxygen atoms in total. The number of rotatable bonds is 6. The first kappa shape index (κ1) is 19.0. The van der Waals surface area contributed by atoms with Gasteiger partial charge in [-0.1, -0.05) is 0 Å². The molecule has 2 heterocycles. The van der Waals surface area contributed by atoms with Gasteiger partial charge < -0.3 is 28.6 Å². The average molecular weight is 379 g/mol. The first-order valence-electron chi connectivity index (χ1n) is 8.52. The summed E-state index contributed by atoms with van der Waals surface area (Å²) in [6.07, 6.45) is -1.84. The molecule has 27 heavy (non-hydrogen) atoms. The van der Waals surface area contributed by atoms with Crippen LogP contribution in [0.3, 0.4) is 0 Å².